The first-order valence-electron chi connectivity index (χ1n) is 8.71. The quantitative estimate of drug-likeness (QED) is 0.634. The lowest BCUT2D eigenvalue weighted by atomic mass is 10.1. The van der Waals surface area contributed by atoms with Crippen LogP contribution in [-0.2, 0) is 6.42 Å². The van der Waals surface area contributed by atoms with E-state index >= 15 is 0 Å². The molecule has 3 aromatic rings. The first-order chi connectivity index (χ1) is 13.5. The van der Waals surface area contributed by atoms with E-state index in [1.54, 1.807) is 60.7 Å². The summed E-state index contributed by atoms with van der Waals surface area (Å²) in [5.74, 6) is -0.804. The van der Waals surface area contributed by atoms with Gasteiger partial charge in [-0.05, 0) is 66.6 Å². The van der Waals surface area contributed by atoms with E-state index in [4.69, 9.17) is 11.6 Å². The van der Waals surface area contributed by atoms with Crippen LogP contribution in [-0.4, -0.2) is 18.4 Å². The summed E-state index contributed by atoms with van der Waals surface area (Å²) in [7, 11) is 0. The maximum atomic E-state index is 12.9. The summed E-state index contributed by atoms with van der Waals surface area (Å²) < 4.78 is 12.9. The maximum absolute atomic E-state index is 12.9. The van der Waals surface area contributed by atoms with Gasteiger partial charge < -0.3 is 10.6 Å². The summed E-state index contributed by atoms with van der Waals surface area (Å²) in [4.78, 5) is 24.5. The molecule has 3 rings (SSSR count). The monoisotopic (exact) mass is 396 g/mol. The van der Waals surface area contributed by atoms with Crippen LogP contribution < -0.4 is 10.6 Å². The summed E-state index contributed by atoms with van der Waals surface area (Å²) in [5, 5.41) is 6.10. The molecule has 0 atom stereocenters. The Morgan fingerprint density at radius 3 is 2.14 bits per heavy atom. The van der Waals surface area contributed by atoms with Crippen LogP contribution in [0, 0.1) is 5.82 Å². The van der Waals surface area contributed by atoms with Crippen molar-refractivity contribution in [2.45, 2.75) is 6.42 Å². The fourth-order valence-corrected chi connectivity index (χ4v) is 2.81. The van der Waals surface area contributed by atoms with Gasteiger partial charge >= 0.3 is 0 Å². The van der Waals surface area contributed by atoms with E-state index in [1.807, 2.05) is 0 Å². The van der Waals surface area contributed by atoms with Crippen molar-refractivity contribution in [3.05, 3.63) is 100 Å². The second-order valence-corrected chi connectivity index (χ2v) is 6.61. The second kappa shape index (κ2) is 9.15. The van der Waals surface area contributed by atoms with E-state index in [9.17, 15) is 14.0 Å². The number of carbonyl (C=O) groups excluding carboxylic acids is 2. The van der Waals surface area contributed by atoms with Crippen molar-refractivity contribution in [1.29, 1.82) is 0 Å². The van der Waals surface area contributed by atoms with Crippen molar-refractivity contribution in [3.63, 3.8) is 0 Å². The lowest BCUT2D eigenvalue weighted by Crippen LogP contribution is -2.25. The van der Waals surface area contributed by atoms with E-state index in [-0.39, 0.29) is 17.6 Å². The van der Waals surface area contributed by atoms with Gasteiger partial charge in [-0.25, -0.2) is 4.39 Å². The van der Waals surface area contributed by atoms with E-state index in [2.05, 4.69) is 10.6 Å². The SMILES string of the molecule is O=C(NCCc1ccc(F)cc1)c1ccc(C(=O)Nc2cccc(Cl)c2)cc1. The summed E-state index contributed by atoms with van der Waals surface area (Å²) >= 11 is 5.91. The number of rotatable bonds is 6. The molecule has 0 aliphatic heterocycles. The van der Waals surface area contributed by atoms with E-state index in [1.165, 1.54) is 12.1 Å². The second-order valence-electron chi connectivity index (χ2n) is 6.17. The van der Waals surface area contributed by atoms with Gasteiger partial charge in [0.2, 0.25) is 0 Å². The van der Waals surface area contributed by atoms with Crippen molar-refractivity contribution in [3.8, 4) is 0 Å². The Balaban J connectivity index is 1.53. The highest BCUT2D eigenvalue weighted by Crippen LogP contribution is 2.16. The van der Waals surface area contributed by atoms with E-state index in [0.29, 0.717) is 34.8 Å². The fraction of sp³-hybridized carbons (Fsp3) is 0.0909. The zero-order valence-electron chi connectivity index (χ0n) is 14.9. The average molecular weight is 397 g/mol. The predicted octanol–water partition coefficient (Wildman–Crippen LogP) is 4.70. The van der Waals surface area contributed by atoms with Gasteiger partial charge in [0.05, 0.1) is 0 Å². The van der Waals surface area contributed by atoms with Crippen LogP contribution in [0.5, 0.6) is 0 Å². The lowest BCUT2D eigenvalue weighted by molar-refractivity contribution is 0.0952. The molecule has 0 fully saturated rings. The number of carbonyl (C=O) groups is 2. The van der Waals surface area contributed by atoms with Gasteiger partial charge in [-0.1, -0.05) is 29.8 Å². The number of hydrogen-bond acceptors (Lipinski definition) is 2. The molecule has 0 aliphatic carbocycles. The van der Waals surface area contributed by atoms with Crippen LogP contribution in [0.4, 0.5) is 10.1 Å². The van der Waals surface area contributed by atoms with Crippen LogP contribution >= 0.6 is 11.6 Å². The number of anilines is 1. The Bertz CT molecular complexity index is 973. The van der Waals surface area contributed by atoms with Crippen molar-refractivity contribution < 1.29 is 14.0 Å². The largest absolute Gasteiger partial charge is 0.352 e. The highest BCUT2D eigenvalue weighted by Gasteiger charge is 2.09. The highest BCUT2D eigenvalue weighted by molar-refractivity contribution is 6.31. The van der Waals surface area contributed by atoms with E-state index in [0.717, 1.165) is 5.56 Å². The molecule has 3 aromatic carbocycles. The van der Waals surface area contributed by atoms with Crippen LogP contribution in [0.1, 0.15) is 26.3 Å². The topological polar surface area (TPSA) is 58.2 Å². The molecule has 0 saturated carbocycles. The molecule has 4 nitrogen and oxygen atoms in total. The van der Waals surface area contributed by atoms with E-state index < -0.39 is 0 Å². The summed E-state index contributed by atoms with van der Waals surface area (Å²) in [6, 6.07) is 19.4. The summed E-state index contributed by atoms with van der Waals surface area (Å²) in [6.45, 7) is 0.432. The highest BCUT2D eigenvalue weighted by atomic mass is 35.5. The van der Waals surface area contributed by atoms with Crippen LogP contribution in [0.2, 0.25) is 5.02 Å². The molecule has 0 bridgehead atoms. The van der Waals surface area contributed by atoms with Crippen molar-refractivity contribution in [1.82, 2.24) is 5.32 Å². The van der Waals surface area contributed by atoms with Gasteiger partial charge in [-0.2, -0.15) is 0 Å². The molecule has 2 N–H and O–H groups in total. The molecule has 0 heterocycles. The molecule has 2 amide bonds. The van der Waals surface area contributed by atoms with Crippen LogP contribution in [0.3, 0.4) is 0 Å². The molecule has 0 unspecified atom stereocenters. The molecule has 0 spiro atoms. The molecule has 6 heteroatoms. The average Bonchev–Trinajstić information content (AvgIpc) is 2.69. The molecule has 0 aliphatic rings. The van der Waals surface area contributed by atoms with Crippen molar-refractivity contribution >= 4 is 29.1 Å². The summed E-state index contributed by atoms with van der Waals surface area (Å²) in [6.07, 6.45) is 0.603. The number of benzene rings is 3. The lowest BCUT2D eigenvalue weighted by Gasteiger charge is -2.08. The molecule has 0 saturated heterocycles. The third-order valence-corrected chi connectivity index (χ3v) is 4.34. The smallest absolute Gasteiger partial charge is 0.255 e. The van der Waals surface area contributed by atoms with Gasteiger partial charge in [0.1, 0.15) is 5.82 Å². The Morgan fingerprint density at radius 2 is 1.50 bits per heavy atom. The molecule has 28 heavy (non-hydrogen) atoms. The first kappa shape index (κ1) is 19.6. The fourth-order valence-electron chi connectivity index (χ4n) is 2.62. The van der Waals surface area contributed by atoms with Gasteiger partial charge in [0, 0.05) is 28.4 Å². The Morgan fingerprint density at radius 1 is 0.857 bits per heavy atom. The zero-order chi connectivity index (χ0) is 19.9. The first-order valence-corrected chi connectivity index (χ1v) is 9.09. The maximum Gasteiger partial charge on any atom is 0.255 e. The Kier molecular flexibility index (Phi) is 6.40. The van der Waals surface area contributed by atoms with Gasteiger partial charge in [0.15, 0.2) is 0 Å². The normalized spacial score (nSPS) is 10.4. The minimum atomic E-state index is -0.287. The Hall–Kier alpha value is -3.18. The number of nitrogens with one attached hydrogen (secondary N) is 2. The van der Waals surface area contributed by atoms with Crippen LogP contribution in [0.15, 0.2) is 72.8 Å². The third-order valence-electron chi connectivity index (χ3n) is 4.10. The number of halogens is 2. The minimum absolute atomic E-state index is 0.232. The van der Waals surface area contributed by atoms with Gasteiger partial charge in [-0.15, -0.1) is 0 Å². The van der Waals surface area contributed by atoms with Gasteiger partial charge in [0.25, 0.3) is 11.8 Å². The Labute approximate surface area is 167 Å². The minimum Gasteiger partial charge on any atom is -0.352 e. The standard InChI is InChI=1S/C22H18ClFN2O2/c23-18-2-1-3-20(14-18)26-22(28)17-8-6-16(7-9-17)21(27)25-13-12-15-4-10-19(24)11-5-15/h1-11,14H,12-13H2,(H,25,27)(H,26,28). The third kappa shape index (κ3) is 5.41. The molecule has 142 valence electrons. The number of amides is 2. The number of hydrogen-bond donors (Lipinski definition) is 2. The van der Waals surface area contributed by atoms with Crippen LogP contribution in [0.25, 0.3) is 0 Å². The molecular weight excluding hydrogens is 379 g/mol. The molecular formula is C22H18ClFN2O2. The van der Waals surface area contributed by atoms with Crippen molar-refractivity contribution in [2.75, 3.05) is 11.9 Å². The zero-order valence-corrected chi connectivity index (χ0v) is 15.7. The predicted molar refractivity (Wildman–Crippen MR) is 108 cm³/mol. The molecule has 0 radical (unpaired) electrons. The molecule has 0 aromatic heterocycles. The van der Waals surface area contributed by atoms with Crippen molar-refractivity contribution in [2.24, 2.45) is 0 Å². The van der Waals surface area contributed by atoms with Gasteiger partial charge in [-0.3, -0.25) is 9.59 Å². The summed E-state index contributed by atoms with van der Waals surface area (Å²) in [5.41, 5.74) is 2.43.